The van der Waals surface area contributed by atoms with Crippen LogP contribution in [0.4, 0.5) is 10.3 Å². The number of anilines is 1. The lowest BCUT2D eigenvalue weighted by molar-refractivity contribution is 0.402. The zero-order chi connectivity index (χ0) is 22.0. The molecule has 8 nitrogen and oxygen atoms in total. The Morgan fingerprint density at radius 3 is 2.97 bits per heavy atom. The first kappa shape index (κ1) is 20.8. The van der Waals surface area contributed by atoms with Gasteiger partial charge in [0.15, 0.2) is 0 Å². The smallest absolute Gasteiger partial charge is 0.316 e. The number of aromatic nitrogens is 4. The Morgan fingerprint density at radius 2 is 2.26 bits per heavy atom. The van der Waals surface area contributed by atoms with E-state index >= 15 is 0 Å². The predicted octanol–water partition coefficient (Wildman–Crippen LogP) is 3.91. The lowest BCUT2D eigenvalue weighted by atomic mass is 9.94. The van der Waals surface area contributed by atoms with Crippen molar-refractivity contribution in [2.24, 2.45) is 0 Å². The van der Waals surface area contributed by atoms with Gasteiger partial charge in [-0.2, -0.15) is 4.98 Å². The maximum Gasteiger partial charge on any atom is 0.316 e. The molecule has 0 spiro atoms. The van der Waals surface area contributed by atoms with Gasteiger partial charge in [0.05, 0.1) is 30.8 Å². The molecule has 0 fully saturated rings. The summed E-state index contributed by atoms with van der Waals surface area (Å²) in [6, 6.07) is 4.45. The van der Waals surface area contributed by atoms with E-state index < -0.39 is 11.4 Å². The number of benzene rings is 1. The van der Waals surface area contributed by atoms with E-state index in [-0.39, 0.29) is 16.7 Å². The molecule has 1 N–H and O–H groups in total. The van der Waals surface area contributed by atoms with Crippen molar-refractivity contribution in [2.75, 3.05) is 12.4 Å². The summed E-state index contributed by atoms with van der Waals surface area (Å²) in [5, 5.41) is 11.0. The molecule has 1 aliphatic carbocycles. The molecule has 0 saturated heterocycles. The van der Waals surface area contributed by atoms with Crippen molar-refractivity contribution in [1.82, 2.24) is 19.7 Å². The van der Waals surface area contributed by atoms with Crippen LogP contribution in [0.5, 0.6) is 5.75 Å². The van der Waals surface area contributed by atoms with Crippen LogP contribution in [0.25, 0.3) is 0 Å². The summed E-state index contributed by atoms with van der Waals surface area (Å²) in [6.45, 7) is 2.25. The van der Waals surface area contributed by atoms with Gasteiger partial charge < -0.3 is 19.0 Å². The van der Waals surface area contributed by atoms with Crippen LogP contribution in [0.2, 0.25) is 5.02 Å². The monoisotopic (exact) mass is 443 g/mol. The molecule has 31 heavy (non-hydrogen) atoms. The summed E-state index contributed by atoms with van der Waals surface area (Å²) in [6.07, 6.45) is 7.35. The van der Waals surface area contributed by atoms with Crippen molar-refractivity contribution in [3.05, 3.63) is 86.9 Å². The van der Waals surface area contributed by atoms with Crippen LogP contribution in [0.1, 0.15) is 30.7 Å². The fraction of sp³-hybridized carbons (Fsp3) is 0.238. The molecule has 0 aliphatic heterocycles. The SMILES string of the molecule is COc1cn(Cc2ccc(F)c(Cl)c2)c(NC2=C(C)C=CC(c3nnco3)C2)nc1=O. The molecule has 0 amide bonds. The van der Waals surface area contributed by atoms with E-state index in [1.165, 1.54) is 25.6 Å². The lowest BCUT2D eigenvalue weighted by Crippen LogP contribution is -2.21. The zero-order valence-corrected chi connectivity index (χ0v) is 17.6. The highest BCUT2D eigenvalue weighted by Crippen LogP contribution is 2.31. The van der Waals surface area contributed by atoms with Crippen LogP contribution < -0.4 is 15.6 Å². The topological polar surface area (TPSA) is 95.1 Å². The molecule has 3 aromatic rings. The van der Waals surface area contributed by atoms with Crippen LogP contribution in [0, 0.1) is 5.82 Å². The lowest BCUT2D eigenvalue weighted by Gasteiger charge is -2.22. The third-order valence-electron chi connectivity index (χ3n) is 4.96. The maximum atomic E-state index is 13.5. The van der Waals surface area contributed by atoms with Gasteiger partial charge in [0.2, 0.25) is 24.0 Å². The minimum absolute atomic E-state index is 0.0198. The van der Waals surface area contributed by atoms with Gasteiger partial charge in [0.25, 0.3) is 0 Å². The molecule has 1 unspecified atom stereocenters. The van der Waals surface area contributed by atoms with Crippen molar-refractivity contribution >= 4 is 17.5 Å². The van der Waals surface area contributed by atoms with E-state index in [4.69, 9.17) is 20.8 Å². The third kappa shape index (κ3) is 4.51. The minimum Gasteiger partial charge on any atom is -0.490 e. The van der Waals surface area contributed by atoms with Crippen LogP contribution in [0.15, 0.2) is 63.4 Å². The Morgan fingerprint density at radius 1 is 1.42 bits per heavy atom. The minimum atomic E-state index is -0.503. The highest BCUT2D eigenvalue weighted by atomic mass is 35.5. The van der Waals surface area contributed by atoms with Crippen molar-refractivity contribution in [3.8, 4) is 5.75 Å². The highest BCUT2D eigenvalue weighted by Gasteiger charge is 2.22. The first-order chi connectivity index (χ1) is 14.9. The van der Waals surface area contributed by atoms with Crippen molar-refractivity contribution in [3.63, 3.8) is 0 Å². The molecular formula is C21H19ClFN5O3. The van der Waals surface area contributed by atoms with Gasteiger partial charge in [-0.1, -0.05) is 29.8 Å². The number of nitrogens with one attached hydrogen (secondary N) is 1. The summed E-state index contributed by atoms with van der Waals surface area (Å²) in [5.41, 5.74) is 2.07. The van der Waals surface area contributed by atoms with Crippen molar-refractivity contribution in [1.29, 1.82) is 0 Å². The molecule has 2 aromatic heterocycles. The molecule has 0 radical (unpaired) electrons. The van der Waals surface area contributed by atoms with Crippen LogP contribution in [-0.2, 0) is 6.54 Å². The van der Waals surface area contributed by atoms with Gasteiger partial charge in [-0.3, -0.25) is 4.79 Å². The maximum absolute atomic E-state index is 13.5. The number of methoxy groups -OCH3 is 1. The number of nitrogens with zero attached hydrogens (tertiary/aromatic N) is 4. The first-order valence-corrected chi connectivity index (χ1v) is 9.83. The van der Waals surface area contributed by atoms with Gasteiger partial charge in [-0.25, -0.2) is 4.39 Å². The number of rotatable bonds is 6. The van der Waals surface area contributed by atoms with E-state index in [9.17, 15) is 9.18 Å². The zero-order valence-electron chi connectivity index (χ0n) is 16.8. The third-order valence-corrected chi connectivity index (χ3v) is 5.25. The molecule has 4 rings (SSSR count). The second-order valence-corrected chi connectivity index (χ2v) is 7.45. The predicted molar refractivity (Wildman–Crippen MR) is 113 cm³/mol. The second-order valence-electron chi connectivity index (χ2n) is 7.05. The molecule has 1 aromatic carbocycles. The van der Waals surface area contributed by atoms with E-state index in [1.54, 1.807) is 16.8 Å². The average Bonchev–Trinajstić information content (AvgIpc) is 3.29. The second kappa shape index (κ2) is 8.73. The molecule has 160 valence electrons. The standard InChI is InChI=1S/C21H19ClFN5O3/c1-12-3-5-14(20-27-24-11-31-20)8-17(12)25-21-26-19(29)18(30-2)10-28(21)9-13-4-6-16(23)15(22)7-13/h3-7,10-11,14H,8-9H2,1-2H3,(H,25,26,29). The van der Waals surface area contributed by atoms with Gasteiger partial charge in [-0.05, 0) is 30.2 Å². The molecule has 10 heteroatoms. The van der Waals surface area contributed by atoms with Gasteiger partial charge in [0, 0.05) is 12.1 Å². The quantitative estimate of drug-likeness (QED) is 0.617. The summed E-state index contributed by atoms with van der Waals surface area (Å²) >= 11 is 5.92. The summed E-state index contributed by atoms with van der Waals surface area (Å²) in [7, 11) is 1.40. The van der Waals surface area contributed by atoms with E-state index in [0.29, 0.717) is 24.8 Å². The Bertz CT molecular complexity index is 1220. The van der Waals surface area contributed by atoms with Crippen molar-refractivity contribution in [2.45, 2.75) is 25.8 Å². The Hall–Kier alpha value is -3.46. The summed E-state index contributed by atoms with van der Waals surface area (Å²) < 4.78 is 25.7. The number of hydrogen-bond acceptors (Lipinski definition) is 7. The number of hydrogen-bond donors (Lipinski definition) is 1. The van der Waals surface area contributed by atoms with Gasteiger partial charge in [-0.15, -0.1) is 10.2 Å². The fourth-order valence-electron chi connectivity index (χ4n) is 3.28. The number of halogens is 2. The Balaban J connectivity index is 1.67. The molecule has 1 atom stereocenters. The largest absolute Gasteiger partial charge is 0.490 e. The average molecular weight is 444 g/mol. The van der Waals surface area contributed by atoms with Crippen LogP contribution >= 0.6 is 11.6 Å². The molecule has 0 bridgehead atoms. The van der Waals surface area contributed by atoms with Gasteiger partial charge in [0.1, 0.15) is 5.82 Å². The number of ether oxygens (including phenoxy) is 1. The molecule has 2 heterocycles. The van der Waals surface area contributed by atoms with Crippen molar-refractivity contribution < 1.29 is 13.5 Å². The van der Waals surface area contributed by atoms with Crippen LogP contribution in [0.3, 0.4) is 0 Å². The highest BCUT2D eigenvalue weighted by molar-refractivity contribution is 6.30. The van der Waals surface area contributed by atoms with E-state index in [2.05, 4.69) is 20.5 Å². The summed E-state index contributed by atoms with van der Waals surface area (Å²) in [4.78, 5) is 16.5. The number of allylic oxidation sites excluding steroid dienone is 4. The van der Waals surface area contributed by atoms with Crippen LogP contribution in [-0.4, -0.2) is 26.9 Å². The molecule has 1 aliphatic rings. The fourth-order valence-corrected chi connectivity index (χ4v) is 3.48. The van der Waals surface area contributed by atoms with Gasteiger partial charge >= 0.3 is 5.56 Å². The first-order valence-electron chi connectivity index (χ1n) is 9.45. The van der Waals surface area contributed by atoms with E-state index in [0.717, 1.165) is 16.8 Å². The molecule has 0 saturated carbocycles. The summed E-state index contributed by atoms with van der Waals surface area (Å²) in [5.74, 6) is 0.324. The van der Waals surface area contributed by atoms with E-state index in [1.807, 2.05) is 19.1 Å². The molecular weight excluding hydrogens is 425 g/mol. The normalized spacial score (nSPS) is 15.9. The Kier molecular flexibility index (Phi) is 5.85. The Labute approximate surface area is 182 Å².